The van der Waals surface area contributed by atoms with Crippen molar-refractivity contribution in [3.8, 4) is 5.75 Å². The Morgan fingerprint density at radius 2 is 1.89 bits per heavy atom. The molecule has 4 rings (SSSR count). The average molecular weight is 544 g/mol. The van der Waals surface area contributed by atoms with Crippen LogP contribution in [0.25, 0.3) is 6.08 Å². The van der Waals surface area contributed by atoms with Gasteiger partial charge in [0.25, 0.3) is 17.1 Å². The zero-order chi connectivity index (χ0) is 26.5. The molecule has 2 aromatic rings. The number of halogens is 1. The number of imide groups is 1. The highest BCUT2D eigenvalue weighted by Crippen LogP contribution is 2.34. The first-order valence-corrected chi connectivity index (χ1v) is 12.8. The lowest BCUT2D eigenvalue weighted by Gasteiger charge is -2.28. The van der Waals surface area contributed by atoms with Gasteiger partial charge in [0.1, 0.15) is 12.3 Å². The fraction of sp³-hybridized carbons (Fsp3) is 0.308. The molecule has 0 aliphatic carbocycles. The number of hydrogen-bond acceptors (Lipinski definition) is 7. The summed E-state index contributed by atoms with van der Waals surface area (Å²) in [5, 5.41) is 2.57. The third-order valence-corrected chi connectivity index (χ3v) is 7.01. The van der Waals surface area contributed by atoms with Crippen LogP contribution >= 0.6 is 23.4 Å². The molecule has 194 valence electrons. The van der Waals surface area contributed by atoms with Gasteiger partial charge in [-0.15, -0.1) is 0 Å². The Morgan fingerprint density at radius 1 is 1.14 bits per heavy atom. The number of benzene rings is 2. The molecule has 2 heterocycles. The molecule has 11 heteroatoms. The first kappa shape index (κ1) is 26.7. The van der Waals surface area contributed by atoms with Crippen molar-refractivity contribution in [3.63, 3.8) is 0 Å². The Bertz CT molecular complexity index is 1270. The molecule has 0 saturated carbocycles. The number of thioether (sulfide) groups is 1. The van der Waals surface area contributed by atoms with Crippen LogP contribution in [0.4, 0.5) is 10.5 Å². The predicted octanol–water partition coefficient (Wildman–Crippen LogP) is 3.87. The van der Waals surface area contributed by atoms with Crippen molar-refractivity contribution in [1.82, 2.24) is 9.80 Å². The molecule has 1 N–H and O–H groups in total. The van der Waals surface area contributed by atoms with E-state index in [1.807, 2.05) is 32.0 Å². The van der Waals surface area contributed by atoms with Crippen LogP contribution in [0.3, 0.4) is 0 Å². The van der Waals surface area contributed by atoms with Gasteiger partial charge in [0.2, 0.25) is 5.91 Å². The third kappa shape index (κ3) is 6.71. The molecule has 4 amide bonds. The highest BCUT2D eigenvalue weighted by molar-refractivity contribution is 8.18. The van der Waals surface area contributed by atoms with Gasteiger partial charge in [0.15, 0.2) is 6.61 Å². The molecule has 2 aromatic carbocycles. The maximum absolute atomic E-state index is 12.8. The van der Waals surface area contributed by atoms with Crippen LogP contribution in [-0.2, 0) is 19.1 Å². The molecular weight excluding hydrogens is 518 g/mol. The molecule has 37 heavy (non-hydrogen) atoms. The van der Waals surface area contributed by atoms with E-state index in [4.69, 9.17) is 21.1 Å². The van der Waals surface area contributed by atoms with Gasteiger partial charge in [-0.25, -0.2) is 0 Å². The van der Waals surface area contributed by atoms with Crippen molar-refractivity contribution < 1.29 is 28.7 Å². The largest absolute Gasteiger partial charge is 0.482 e. The van der Waals surface area contributed by atoms with E-state index in [-0.39, 0.29) is 34.9 Å². The van der Waals surface area contributed by atoms with Crippen LogP contribution in [-0.4, -0.2) is 72.2 Å². The van der Waals surface area contributed by atoms with E-state index in [2.05, 4.69) is 5.32 Å². The number of carbonyl (C=O) groups is 4. The Morgan fingerprint density at radius 3 is 2.62 bits per heavy atom. The SMILES string of the molecule is Cc1ccc(C)c(NC(=O)COc2ccc(/C=C3\SC(=O)N(CC(=O)N4CCOCC4)C3=O)cc2Cl)c1. The van der Waals surface area contributed by atoms with Crippen LogP contribution in [0, 0.1) is 13.8 Å². The highest BCUT2D eigenvalue weighted by atomic mass is 35.5. The molecule has 0 radical (unpaired) electrons. The lowest BCUT2D eigenvalue weighted by molar-refractivity contribution is -0.139. The highest BCUT2D eigenvalue weighted by Gasteiger charge is 2.37. The van der Waals surface area contributed by atoms with E-state index in [0.29, 0.717) is 37.6 Å². The lowest BCUT2D eigenvalue weighted by atomic mass is 10.1. The number of morpholine rings is 1. The number of anilines is 1. The number of ether oxygens (including phenoxy) is 2. The summed E-state index contributed by atoms with van der Waals surface area (Å²) in [5.41, 5.74) is 3.26. The number of carbonyl (C=O) groups excluding carboxylic acids is 4. The van der Waals surface area contributed by atoms with Crippen molar-refractivity contribution in [3.05, 3.63) is 63.0 Å². The minimum atomic E-state index is -0.531. The Hall–Kier alpha value is -3.34. The molecular formula is C26H26ClN3O6S. The Labute approximate surface area is 223 Å². The zero-order valence-corrected chi connectivity index (χ0v) is 22.0. The van der Waals surface area contributed by atoms with Crippen molar-refractivity contribution in [2.75, 3.05) is 44.8 Å². The van der Waals surface area contributed by atoms with Gasteiger partial charge < -0.3 is 19.7 Å². The van der Waals surface area contributed by atoms with Gasteiger partial charge >= 0.3 is 0 Å². The van der Waals surface area contributed by atoms with Gasteiger partial charge in [-0.05, 0) is 66.6 Å². The monoisotopic (exact) mass is 543 g/mol. The average Bonchev–Trinajstić information content (AvgIpc) is 3.13. The van der Waals surface area contributed by atoms with E-state index in [9.17, 15) is 19.2 Å². The fourth-order valence-corrected chi connectivity index (χ4v) is 4.84. The van der Waals surface area contributed by atoms with Gasteiger partial charge in [-0.1, -0.05) is 29.8 Å². The predicted molar refractivity (Wildman–Crippen MR) is 142 cm³/mol. The van der Waals surface area contributed by atoms with Crippen LogP contribution < -0.4 is 10.1 Å². The molecule has 9 nitrogen and oxygen atoms in total. The number of rotatable bonds is 7. The first-order valence-electron chi connectivity index (χ1n) is 11.6. The summed E-state index contributed by atoms with van der Waals surface area (Å²) in [4.78, 5) is 52.7. The molecule has 0 bridgehead atoms. The maximum Gasteiger partial charge on any atom is 0.294 e. The second-order valence-electron chi connectivity index (χ2n) is 8.61. The quantitative estimate of drug-likeness (QED) is 0.528. The Balaban J connectivity index is 1.35. The number of aryl methyl sites for hydroxylation is 2. The van der Waals surface area contributed by atoms with E-state index < -0.39 is 11.1 Å². The molecule has 2 saturated heterocycles. The minimum absolute atomic E-state index is 0.192. The van der Waals surface area contributed by atoms with E-state index in [0.717, 1.165) is 33.5 Å². The molecule has 2 aliphatic rings. The molecule has 0 spiro atoms. The fourth-order valence-electron chi connectivity index (χ4n) is 3.76. The van der Waals surface area contributed by atoms with Crippen molar-refractivity contribution in [1.29, 1.82) is 0 Å². The molecule has 0 unspecified atom stereocenters. The molecule has 2 fully saturated rings. The van der Waals surface area contributed by atoms with Crippen LogP contribution in [0.2, 0.25) is 5.02 Å². The smallest absolute Gasteiger partial charge is 0.294 e. The van der Waals surface area contributed by atoms with Crippen molar-refractivity contribution in [2.24, 2.45) is 0 Å². The topological polar surface area (TPSA) is 105 Å². The summed E-state index contributed by atoms with van der Waals surface area (Å²) >= 11 is 7.11. The summed E-state index contributed by atoms with van der Waals surface area (Å²) in [7, 11) is 0. The van der Waals surface area contributed by atoms with Gasteiger partial charge in [-0.2, -0.15) is 0 Å². The second kappa shape index (κ2) is 11.8. The Kier molecular flexibility index (Phi) is 8.52. The molecule has 0 atom stereocenters. The summed E-state index contributed by atoms with van der Waals surface area (Å²) < 4.78 is 10.8. The van der Waals surface area contributed by atoms with E-state index in [1.54, 1.807) is 23.1 Å². The summed E-state index contributed by atoms with van der Waals surface area (Å²) in [6, 6.07) is 10.6. The van der Waals surface area contributed by atoms with Crippen LogP contribution in [0.5, 0.6) is 5.75 Å². The zero-order valence-electron chi connectivity index (χ0n) is 20.4. The first-order chi connectivity index (χ1) is 17.7. The van der Waals surface area contributed by atoms with Crippen molar-refractivity contribution in [2.45, 2.75) is 13.8 Å². The summed E-state index contributed by atoms with van der Waals surface area (Å²) in [6.07, 6.45) is 1.53. The summed E-state index contributed by atoms with van der Waals surface area (Å²) in [6.45, 7) is 5.05. The normalized spacial score (nSPS) is 16.9. The molecule has 0 aromatic heterocycles. The van der Waals surface area contributed by atoms with Crippen molar-refractivity contribution >= 4 is 58.1 Å². The number of amides is 4. The summed E-state index contributed by atoms with van der Waals surface area (Å²) in [5.74, 6) is -0.845. The van der Waals surface area contributed by atoms with Crippen LogP contribution in [0.15, 0.2) is 41.3 Å². The van der Waals surface area contributed by atoms with E-state index >= 15 is 0 Å². The number of nitrogens with one attached hydrogen (secondary N) is 1. The lowest BCUT2D eigenvalue weighted by Crippen LogP contribution is -2.46. The minimum Gasteiger partial charge on any atom is -0.482 e. The van der Waals surface area contributed by atoms with Gasteiger partial charge in [0.05, 0.1) is 23.1 Å². The standard InChI is InChI=1S/C26H26ClN3O6S/c1-16-3-4-17(2)20(11-16)28-23(31)15-36-21-6-5-18(12-19(21)27)13-22-25(33)30(26(34)37-22)14-24(32)29-7-9-35-10-8-29/h3-6,11-13H,7-10,14-15H2,1-2H3,(H,28,31)/b22-13-. The number of hydrogen-bond donors (Lipinski definition) is 1. The molecule has 2 aliphatic heterocycles. The second-order valence-corrected chi connectivity index (χ2v) is 10.0. The number of nitrogens with zero attached hydrogens (tertiary/aromatic N) is 2. The third-order valence-electron chi connectivity index (χ3n) is 5.81. The maximum atomic E-state index is 12.8. The van der Waals surface area contributed by atoms with Gasteiger partial charge in [0, 0.05) is 18.8 Å². The van der Waals surface area contributed by atoms with Gasteiger partial charge in [-0.3, -0.25) is 24.1 Å². The van der Waals surface area contributed by atoms with E-state index in [1.165, 1.54) is 6.08 Å². The van der Waals surface area contributed by atoms with Crippen LogP contribution in [0.1, 0.15) is 16.7 Å².